The van der Waals surface area contributed by atoms with Gasteiger partial charge < -0.3 is 5.32 Å². The second-order valence-electron chi connectivity index (χ2n) is 5.07. The molecule has 20 heavy (non-hydrogen) atoms. The van der Waals surface area contributed by atoms with E-state index in [1.807, 2.05) is 28.8 Å². The molecule has 1 aliphatic carbocycles. The number of rotatable bonds is 4. The van der Waals surface area contributed by atoms with Crippen molar-refractivity contribution in [3.05, 3.63) is 42.4 Å². The van der Waals surface area contributed by atoms with E-state index in [0.717, 1.165) is 30.7 Å². The fourth-order valence-corrected chi connectivity index (χ4v) is 2.53. The average molecular weight is 270 g/mol. The molecule has 1 atom stereocenters. The van der Waals surface area contributed by atoms with E-state index in [1.54, 1.807) is 0 Å². The molecule has 1 aliphatic rings. The number of pyridine rings is 1. The summed E-state index contributed by atoms with van der Waals surface area (Å²) in [6, 6.07) is 5.81. The average Bonchev–Trinajstić information content (AvgIpc) is 2.92. The van der Waals surface area contributed by atoms with Crippen LogP contribution >= 0.6 is 0 Å². The van der Waals surface area contributed by atoms with Gasteiger partial charge in [0, 0.05) is 25.1 Å². The maximum absolute atomic E-state index is 12.0. The Hall–Kier alpha value is -2.17. The number of hydrogen-bond donors (Lipinski definition) is 1. The van der Waals surface area contributed by atoms with Gasteiger partial charge in [-0.05, 0) is 31.4 Å². The van der Waals surface area contributed by atoms with Gasteiger partial charge in [0.2, 0.25) is 5.91 Å². The van der Waals surface area contributed by atoms with Crippen molar-refractivity contribution in [1.82, 2.24) is 19.9 Å². The first kappa shape index (κ1) is 12.8. The van der Waals surface area contributed by atoms with Crippen molar-refractivity contribution >= 4 is 11.6 Å². The molecular weight excluding hydrogens is 252 g/mol. The number of carbonyl (C=O) groups excluding carboxylic acids is 1. The number of hydrogen-bond acceptors (Lipinski definition) is 3. The van der Waals surface area contributed by atoms with Crippen molar-refractivity contribution < 1.29 is 4.79 Å². The lowest BCUT2D eigenvalue weighted by atomic mass is 9.94. The zero-order valence-electron chi connectivity index (χ0n) is 11.3. The van der Waals surface area contributed by atoms with E-state index < -0.39 is 0 Å². The predicted octanol–water partition coefficient (Wildman–Crippen LogP) is 1.74. The molecule has 104 valence electrons. The van der Waals surface area contributed by atoms with Gasteiger partial charge in [-0.25, -0.2) is 0 Å². The summed E-state index contributed by atoms with van der Waals surface area (Å²) in [5.41, 5.74) is 0.839. The van der Waals surface area contributed by atoms with Gasteiger partial charge in [0.25, 0.3) is 0 Å². The molecule has 0 bridgehead atoms. The highest BCUT2D eigenvalue weighted by molar-refractivity contribution is 5.78. The maximum Gasteiger partial charge on any atom is 0.223 e. The van der Waals surface area contributed by atoms with E-state index in [9.17, 15) is 4.79 Å². The summed E-state index contributed by atoms with van der Waals surface area (Å²) in [4.78, 5) is 12.0. The van der Waals surface area contributed by atoms with Gasteiger partial charge in [-0.15, -0.1) is 10.2 Å². The fourth-order valence-electron chi connectivity index (χ4n) is 2.53. The molecule has 0 aliphatic heterocycles. The van der Waals surface area contributed by atoms with Crippen molar-refractivity contribution in [3.63, 3.8) is 0 Å². The Kier molecular flexibility index (Phi) is 3.76. The predicted molar refractivity (Wildman–Crippen MR) is 76.2 cm³/mol. The lowest BCUT2D eigenvalue weighted by molar-refractivity contribution is -0.125. The quantitative estimate of drug-likeness (QED) is 0.861. The first-order valence-electron chi connectivity index (χ1n) is 7.06. The molecule has 1 N–H and O–H groups in total. The maximum atomic E-state index is 12.0. The highest BCUT2D eigenvalue weighted by Crippen LogP contribution is 2.17. The molecule has 0 saturated heterocycles. The van der Waals surface area contributed by atoms with Crippen molar-refractivity contribution in [2.45, 2.75) is 25.7 Å². The SMILES string of the molecule is O=C(NCCc1nnc2ccccn12)[C@H]1CC=CCC1. The topological polar surface area (TPSA) is 59.3 Å². The van der Waals surface area contributed by atoms with Crippen molar-refractivity contribution in [2.24, 2.45) is 5.92 Å². The molecule has 0 spiro atoms. The Morgan fingerprint density at radius 3 is 3.15 bits per heavy atom. The molecule has 0 unspecified atom stereocenters. The number of fused-ring (bicyclic) bond motifs is 1. The molecule has 2 aromatic heterocycles. The largest absolute Gasteiger partial charge is 0.355 e. The number of carbonyl (C=O) groups is 1. The van der Waals surface area contributed by atoms with E-state index in [1.165, 1.54) is 0 Å². The van der Waals surface area contributed by atoms with Crippen LogP contribution in [0.4, 0.5) is 0 Å². The van der Waals surface area contributed by atoms with Gasteiger partial charge in [0.1, 0.15) is 5.82 Å². The Bertz CT molecular complexity index is 632. The van der Waals surface area contributed by atoms with E-state index in [-0.39, 0.29) is 11.8 Å². The summed E-state index contributed by atoms with van der Waals surface area (Å²) in [6.07, 6.45) is 9.70. The minimum atomic E-state index is 0.134. The number of nitrogens with one attached hydrogen (secondary N) is 1. The van der Waals surface area contributed by atoms with Gasteiger partial charge in [-0.3, -0.25) is 9.20 Å². The minimum Gasteiger partial charge on any atom is -0.355 e. The Labute approximate surface area is 117 Å². The van der Waals surface area contributed by atoms with Gasteiger partial charge in [0.15, 0.2) is 5.65 Å². The third-order valence-electron chi connectivity index (χ3n) is 3.67. The van der Waals surface area contributed by atoms with Crippen molar-refractivity contribution in [3.8, 4) is 0 Å². The monoisotopic (exact) mass is 270 g/mol. The number of nitrogens with zero attached hydrogens (tertiary/aromatic N) is 3. The second kappa shape index (κ2) is 5.86. The summed E-state index contributed by atoms with van der Waals surface area (Å²) < 4.78 is 1.95. The van der Waals surface area contributed by atoms with Gasteiger partial charge in [-0.2, -0.15) is 0 Å². The standard InChI is InChI=1S/C15H18N4O/c20-15(12-6-2-1-3-7-12)16-10-9-14-18-17-13-8-4-5-11-19(13)14/h1-2,4-5,8,11-12H,3,6-7,9-10H2,(H,16,20)/t12-/m0/s1. The molecule has 0 fully saturated rings. The zero-order valence-corrected chi connectivity index (χ0v) is 11.3. The van der Waals surface area contributed by atoms with Crippen LogP contribution in [0, 0.1) is 5.92 Å². The Morgan fingerprint density at radius 2 is 2.30 bits per heavy atom. The number of allylic oxidation sites excluding steroid dienone is 2. The van der Waals surface area contributed by atoms with Crippen LogP contribution in [-0.4, -0.2) is 27.0 Å². The van der Waals surface area contributed by atoms with Crippen LogP contribution in [0.5, 0.6) is 0 Å². The summed E-state index contributed by atoms with van der Waals surface area (Å²) >= 11 is 0. The highest BCUT2D eigenvalue weighted by Gasteiger charge is 2.18. The molecule has 0 saturated carbocycles. The van der Waals surface area contributed by atoms with E-state index in [0.29, 0.717) is 13.0 Å². The molecular formula is C15H18N4O. The molecule has 3 rings (SSSR count). The van der Waals surface area contributed by atoms with Gasteiger partial charge >= 0.3 is 0 Å². The van der Waals surface area contributed by atoms with Crippen LogP contribution in [-0.2, 0) is 11.2 Å². The van der Waals surface area contributed by atoms with Crippen molar-refractivity contribution in [1.29, 1.82) is 0 Å². The Morgan fingerprint density at radius 1 is 1.35 bits per heavy atom. The number of aromatic nitrogens is 3. The van der Waals surface area contributed by atoms with E-state index in [4.69, 9.17) is 0 Å². The smallest absolute Gasteiger partial charge is 0.223 e. The molecule has 5 nitrogen and oxygen atoms in total. The number of amides is 1. The molecule has 5 heteroatoms. The first-order valence-corrected chi connectivity index (χ1v) is 7.06. The minimum absolute atomic E-state index is 0.134. The lowest BCUT2D eigenvalue weighted by Gasteiger charge is -2.16. The van der Waals surface area contributed by atoms with Crippen LogP contribution in [0.15, 0.2) is 36.5 Å². The van der Waals surface area contributed by atoms with Crippen LogP contribution in [0.1, 0.15) is 25.1 Å². The summed E-state index contributed by atoms with van der Waals surface area (Å²) in [7, 11) is 0. The van der Waals surface area contributed by atoms with Crippen LogP contribution in [0.25, 0.3) is 5.65 Å². The third kappa shape index (κ3) is 2.71. The normalized spacial score (nSPS) is 18.3. The van der Waals surface area contributed by atoms with E-state index >= 15 is 0 Å². The van der Waals surface area contributed by atoms with Crippen molar-refractivity contribution in [2.75, 3.05) is 6.54 Å². The Balaban J connectivity index is 1.54. The van der Waals surface area contributed by atoms with Gasteiger partial charge in [-0.1, -0.05) is 18.2 Å². The summed E-state index contributed by atoms with van der Waals surface area (Å²) in [6.45, 7) is 0.606. The van der Waals surface area contributed by atoms with Crippen LogP contribution < -0.4 is 5.32 Å². The fraction of sp³-hybridized carbons (Fsp3) is 0.400. The second-order valence-corrected chi connectivity index (χ2v) is 5.07. The summed E-state index contributed by atoms with van der Waals surface area (Å²) in [5.74, 6) is 1.17. The first-order chi connectivity index (χ1) is 9.84. The molecule has 2 heterocycles. The molecule has 0 radical (unpaired) electrons. The lowest BCUT2D eigenvalue weighted by Crippen LogP contribution is -2.32. The molecule has 0 aromatic carbocycles. The van der Waals surface area contributed by atoms with Crippen LogP contribution in [0.3, 0.4) is 0 Å². The van der Waals surface area contributed by atoms with E-state index in [2.05, 4.69) is 27.7 Å². The van der Waals surface area contributed by atoms with Crippen LogP contribution in [0.2, 0.25) is 0 Å². The molecule has 1 amide bonds. The summed E-state index contributed by atoms with van der Waals surface area (Å²) in [5, 5.41) is 11.3. The highest BCUT2D eigenvalue weighted by atomic mass is 16.1. The van der Waals surface area contributed by atoms with Gasteiger partial charge in [0.05, 0.1) is 0 Å². The molecule has 2 aromatic rings. The third-order valence-corrected chi connectivity index (χ3v) is 3.67. The zero-order chi connectivity index (χ0) is 13.8.